The number of carbonyl (C=O) groups is 2. The molecule has 0 unspecified atom stereocenters. The first-order valence-corrected chi connectivity index (χ1v) is 9.49. The molecule has 0 aliphatic heterocycles. The summed E-state index contributed by atoms with van der Waals surface area (Å²) in [5.74, 6) is 0.239. The molecule has 0 radical (unpaired) electrons. The second kappa shape index (κ2) is 10.9. The fraction of sp³-hybridized carbons (Fsp3) is 0.304. The van der Waals surface area contributed by atoms with E-state index >= 15 is 0 Å². The van der Waals surface area contributed by atoms with E-state index in [0.29, 0.717) is 17.1 Å². The lowest BCUT2D eigenvalue weighted by atomic mass is 10.0. The summed E-state index contributed by atoms with van der Waals surface area (Å²) in [4.78, 5) is 24.2. The number of anilines is 1. The second-order valence-corrected chi connectivity index (χ2v) is 6.29. The average molecular weight is 397 g/mol. The minimum Gasteiger partial charge on any atom is -0.497 e. The maximum Gasteiger partial charge on any atom is 0.331 e. The molecule has 2 aromatic carbocycles. The fourth-order valence-electron chi connectivity index (χ4n) is 2.85. The maximum atomic E-state index is 12.2. The van der Waals surface area contributed by atoms with E-state index < -0.39 is 5.97 Å². The normalized spacial score (nSPS) is 10.6. The van der Waals surface area contributed by atoms with Crippen LogP contribution in [0.25, 0.3) is 6.08 Å². The molecule has 154 valence electrons. The van der Waals surface area contributed by atoms with Gasteiger partial charge in [-0.1, -0.05) is 32.0 Å². The number of amides is 1. The number of para-hydroxylation sites is 1. The number of esters is 1. The summed E-state index contributed by atoms with van der Waals surface area (Å²) in [5, 5.41) is 2.87. The summed E-state index contributed by atoms with van der Waals surface area (Å²) < 4.78 is 15.4. The Labute approximate surface area is 171 Å². The van der Waals surface area contributed by atoms with E-state index in [9.17, 15) is 9.59 Å². The van der Waals surface area contributed by atoms with Crippen molar-refractivity contribution in [2.24, 2.45) is 0 Å². The van der Waals surface area contributed by atoms with Crippen molar-refractivity contribution in [3.05, 3.63) is 59.2 Å². The van der Waals surface area contributed by atoms with E-state index in [2.05, 4.69) is 5.32 Å². The first-order chi connectivity index (χ1) is 14.0. The zero-order chi connectivity index (χ0) is 21.2. The number of carbonyl (C=O) groups excluding carboxylic acids is 2. The standard InChI is InChI=1S/C23H27NO5/c1-5-17-8-7-9-18(6-2)23(17)24-21(25)15-29-22(26)11-10-16-12-19(27-3)14-20(13-16)28-4/h7-14H,5-6,15H2,1-4H3,(H,24,25)/b11-10+. The monoisotopic (exact) mass is 397 g/mol. The van der Waals surface area contributed by atoms with Crippen molar-refractivity contribution in [2.75, 3.05) is 26.1 Å². The van der Waals surface area contributed by atoms with Crippen LogP contribution in [0, 0.1) is 0 Å². The molecule has 0 saturated heterocycles. The Hall–Kier alpha value is -3.28. The van der Waals surface area contributed by atoms with Crippen molar-refractivity contribution < 1.29 is 23.8 Å². The molecule has 0 bridgehead atoms. The molecule has 1 N–H and O–H groups in total. The predicted octanol–water partition coefficient (Wildman–Crippen LogP) is 4.02. The van der Waals surface area contributed by atoms with E-state index in [4.69, 9.17) is 14.2 Å². The van der Waals surface area contributed by atoms with Crippen molar-refractivity contribution in [3.8, 4) is 11.5 Å². The Bertz CT molecular complexity index is 844. The van der Waals surface area contributed by atoms with Crippen LogP contribution in [0.15, 0.2) is 42.5 Å². The molecule has 2 aromatic rings. The van der Waals surface area contributed by atoms with Crippen LogP contribution in [-0.4, -0.2) is 32.7 Å². The summed E-state index contributed by atoms with van der Waals surface area (Å²) in [6, 6.07) is 11.2. The van der Waals surface area contributed by atoms with Gasteiger partial charge in [-0.2, -0.15) is 0 Å². The van der Waals surface area contributed by atoms with Gasteiger partial charge in [0.2, 0.25) is 0 Å². The summed E-state index contributed by atoms with van der Waals surface area (Å²) in [5.41, 5.74) is 3.62. The number of hydrogen-bond acceptors (Lipinski definition) is 5. The molecule has 0 spiro atoms. The summed E-state index contributed by atoms with van der Waals surface area (Å²) in [6.07, 6.45) is 4.44. The molecule has 0 heterocycles. The molecular formula is C23H27NO5. The third kappa shape index (κ3) is 6.38. The predicted molar refractivity (Wildman–Crippen MR) is 113 cm³/mol. The van der Waals surface area contributed by atoms with Crippen molar-refractivity contribution in [2.45, 2.75) is 26.7 Å². The number of hydrogen-bond donors (Lipinski definition) is 1. The van der Waals surface area contributed by atoms with E-state index in [0.717, 1.165) is 29.7 Å². The third-order valence-corrected chi connectivity index (χ3v) is 4.39. The van der Waals surface area contributed by atoms with Crippen molar-refractivity contribution in [3.63, 3.8) is 0 Å². The Morgan fingerprint density at radius 3 is 2.07 bits per heavy atom. The van der Waals surface area contributed by atoms with E-state index in [1.54, 1.807) is 38.5 Å². The van der Waals surface area contributed by atoms with Crippen LogP contribution >= 0.6 is 0 Å². The lowest BCUT2D eigenvalue weighted by molar-refractivity contribution is -0.142. The van der Waals surface area contributed by atoms with Crippen molar-refractivity contribution in [1.29, 1.82) is 0 Å². The quantitative estimate of drug-likeness (QED) is 0.511. The number of methoxy groups -OCH3 is 2. The van der Waals surface area contributed by atoms with Gasteiger partial charge < -0.3 is 19.5 Å². The smallest absolute Gasteiger partial charge is 0.331 e. The average Bonchev–Trinajstić information content (AvgIpc) is 2.75. The van der Waals surface area contributed by atoms with Gasteiger partial charge in [0.15, 0.2) is 6.61 Å². The zero-order valence-corrected chi connectivity index (χ0v) is 17.3. The molecule has 6 nitrogen and oxygen atoms in total. The molecule has 0 aromatic heterocycles. The second-order valence-electron chi connectivity index (χ2n) is 6.29. The van der Waals surface area contributed by atoms with E-state index in [1.165, 1.54) is 6.08 Å². The lowest BCUT2D eigenvalue weighted by Crippen LogP contribution is -2.21. The van der Waals surface area contributed by atoms with Crippen LogP contribution in [0.3, 0.4) is 0 Å². The van der Waals surface area contributed by atoms with Gasteiger partial charge >= 0.3 is 5.97 Å². The molecule has 0 atom stereocenters. The number of rotatable bonds is 9. The maximum absolute atomic E-state index is 12.2. The number of ether oxygens (including phenoxy) is 3. The third-order valence-electron chi connectivity index (χ3n) is 4.39. The zero-order valence-electron chi connectivity index (χ0n) is 17.3. The SMILES string of the molecule is CCc1cccc(CC)c1NC(=O)COC(=O)/C=C/c1cc(OC)cc(OC)c1. The van der Waals surface area contributed by atoms with E-state index in [1.807, 2.05) is 32.0 Å². The molecule has 29 heavy (non-hydrogen) atoms. The molecule has 0 saturated carbocycles. The molecule has 0 aliphatic rings. The summed E-state index contributed by atoms with van der Waals surface area (Å²) >= 11 is 0. The minimum absolute atomic E-state index is 0.355. The number of aryl methyl sites for hydroxylation is 2. The van der Waals surface area contributed by atoms with Crippen LogP contribution < -0.4 is 14.8 Å². The molecule has 0 fully saturated rings. The number of benzene rings is 2. The highest BCUT2D eigenvalue weighted by molar-refractivity contribution is 5.95. The van der Waals surface area contributed by atoms with Gasteiger partial charge in [0.05, 0.1) is 14.2 Å². The van der Waals surface area contributed by atoms with Gasteiger partial charge in [0.1, 0.15) is 11.5 Å². The van der Waals surface area contributed by atoms with Gasteiger partial charge in [-0.15, -0.1) is 0 Å². The highest BCUT2D eigenvalue weighted by Crippen LogP contribution is 2.24. The highest BCUT2D eigenvalue weighted by atomic mass is 16.5. The van der Waals surface area contributed by atoms with Gasteiger partial charge in [-0.25, -0.2) is 4.79 Å². The molecular weight excluding hydrogens is 370 g/mol. The van der Waals surface area contributed by atoms with Crippen LogP contribution in [0.2, 0.25) is 0 Å². The van der Waals surface area contributed by atoms with Crippen LogP contribution in [0.5, 0.6) is 11.5 Å². The van der Waals surface area contributed by atoms with Crippen LogP contribution in [0.4, 0.5) is 5.69 Å². The first kappa shape index (κ1) is 22.0. The fourth-order valence-corrected chi connectivity index (χ4v) is 2.85. The first-order valence-electron chi connectivity index (χ1n) is 9.49. The lowest BCUT2D eigenvalue weighted by Gasteiger charge is -2.14. The van der Waals surface area contributed by atoms with Gasteiger partial charge in [0.25, 0.3) is 5.91 Å². The Balaban J connectivity index is 1.96. The van der Waals surface area contributed by atoms with Crippen LogP contribution in [0.1, 0.15) is 30.5 Å². The van der Waals surface area contributed by atoms with E-state index in [-0.39, 0.29) is 12.5 Å². The van der Waals surface area contributed by atoms with Gasteiger partial charge in [-0.05, 0) is 47.7 Å². The Kier molecular flexibility index (Phi) is 8.27. The van der Waals surface area contributed by atoms with Gasteiger partial charge in [0, 0.05) is 17.8 Å². The molecule has 0 aliphatic carbocycles. The largest absolute Gasteiger partial charge is 0.497 e. The minimum atomic E-state index is -0.610. The van der Waals surface area contributed by atoms with Crippen LogP contribution in [-0.2, 0) is 27.2 Å². The molecule has 1 amide bonds. The molecule has 2 rings (SSSR count). The van der Waals surface area contributed by atoms with Crippen molar-refractivity contribution in [1.82, 2.24) is 0 Å². The summed E-state index contributed by atoms with van der Waals surface area (Å²) in [6.45, 7) is 3.71. The van der Waals surface area contributed by atoms with Crippen molar-refractivity contribution >= 4 is 23.6 Å². The Morgan fingerprint density at radius 2 is 1.55 bits per heavy atom. The Morgan fingerprint density at radius 1 is 0.966 bits per heavy atom. The van der Waals surface area contributed by atoms with Gasteiger partial charge in [-0.3, -0.25) is 4.79 Å². The highest BCUT2D eigenvalue weighted by Gasteiger charge is 2.11. The topological polar surface area (TPSA) is 73.9 Å². The summed E-state index contributed by atoms with van der Waals surface area (Å²) in [7, 11) is 3.10. The molecule has 6 heteroatoms. The number of nitrogens with one attached hydrogen (secondary N) is 1.